The number of anilines is 1. The van der Waals surface area contributed by atoms with Crippen molar-refractivity contribution in [1.29, 1.82) is 0 Å². The molecule has 0 saturated heterocycles. The summed E-state index contributed by atoms with van der Waals surface area (Å²) >= 11 is 2.63. The lowest BCUT2D eigenvalue weighted by molar-refractivity contribution is -0.117. The van der Waals surface area contributed by atoms with Gasteiger partial charge in [-0.2, -0.15) is 0 Å². The molecule has 2 rings (SSSR count). The number of hydrogen-bond donors (Lipinski definition) is 2. The van der Waals surface area contributed by atoms with Crippen LogP contribution in [0.1, 0.15) is 12.5 Å². The molecule has 0 bridgehead atoms. The van der Waals surface area contributed by atoms with Gasteiger partial charge in [0.25, 0.3) is 0 Å². The fourth-order valence-electron chi connectivity index (χ4n) is 1.32. The molecule has 3 N–H and O–H groups in total. The third-order valence-electron chi connectivity index (χ3n) is 2.44. The van der Waals surface area contributed by atoms with Gasteiger partial charge in [0.05, 0.1) is 5.25 Å². The lowest BCUT2D eigenvalue weighted by Gasteiger charge is -2.02. The molecular formula is C12H13FN4OS2. The summed E-state index contributed by atoms with van der Waals surface area (Å²) in [5.41, 5.74) is 6.13. The van der Waals surface area contributed by atoms with E-state index in [9.17, 15) is 9.18 Å². The molecule has 2 aromatic rings. The van der Waals surface area contributed by atoms with Crippen LogP contribution in [-0.2, 0) is 11.3 Å². The monoisotopic (exact) mass is 312 g/mol. The molecule has 1 atom stereocenters. The van der Waals surface area contributed by atoms with Crippen molar-refractivity contribution in [2.24, 2.45) is 5.73 Å². The van der Waals surface area contributed by atoms with E-state index in [4.69, 9.17) is 5.73 Å². The highest BCUT2D eigenvalue weighted by Gasteiger charge is 2.14. The number of nitrogens with two attached hydrogens (primary N) is 1. The van der Waals surface area contributed by atoms with Crippen molar-refractivity contribution in [1.82, 2.24) is 10.2 Å². The van der Waals surface area contributed by atoms with Gasteiger partial charge in [-0.15, -0.1) is 10.2 Å². The Bertz CT molecular complexity index is 587. The Morgan fingerprint density at radius 2 is 2.15 bits per heavy atom. The van der Waals surface area contributed by atoms with Crippen molar-refractivity contribution in [3.05, 3.63) is 35.6 Å². The van der Waals surface area contributed by atoms with Crippen LogP contribution in [0.3, 0.4) is 0 Å². The number of primary amides is 1. The van der Waals surface area contributed by atoms with Crippen LogP contribution in [0.25, 0.3) is 0 Å². The lowest BCUT2D eigenvalue weighted by Crippen LogP contribution is -2.22. The van der Waals surface area contributed by atoms with Crippen molar-refractivity contribution in [2.45, 2.75) is 23.1 Å². The zero-order valence-electron chi connectivity index (χ0n) is 10.7. The van der Waals surface area contributed by atoms with Crippen LogP contribution in [0.2, 0.25) is 0 Å². The molecule has 0 aliphatic rings. The van der Waals surface area contributed by atoms with Crippen molar-refractivity contribution >= 4 is 34.1 Å². The first kappa shape index (κ1) is 14.7. The van der Waals surface area contributed by atoms with Crippen LogP contribution in [0, 0.1) is 5.82 Å². The normalized spacial score (nSPS) is 12.1. The summed E-state index contributed by atoms with van der Waals surface area (Å²) in [7, 11) is 0. The fourth-order valence-corrected chi connectivity index (χ4v) is 3.16. The van der Waals surface area contributed by atoms with Crippen molar-refractivity contribution in [2.75, 3.05) is 5.32 Å². The van der Waals surface area contributed by atoms with E-state index in [2.05, 4.69) is 15.5 Å². The second kappa shape index (κ2) is 6.67. The molecule has 20 heavy (non-hydrogen) atoms. The summed E-state index contributed by atoms with van der Waals surface area (Å²) in [6.45, 7) is 2.25. The van der Waals surface area contributed by atoms with Crippen molar-refractivity contribution in [3.63, 3.8) is 0 Å². The van der Waals surface area contributed by atoms with Gasteiger partial charge in [-0.05, 0) is 24.6 Å². The number of thioether (sulfide) groups is 1. The molecule has 5 nitrogen and oxygen atoms in total. The predicted octanol–water partition coefficient (Wildman–Crippen LogP) is 2.26. The van der Waals surface area contributed by atoms with E-state index in [1.807, 2.05) is 0 Å². The maximum atomic E-state index is 12.8. The van der Waals surface area contributed by atoms with E-state index in [0.29, 0.717) is 16.0 Å². The summed E-state index contributed by atoms with van der Waals surface area (Å²) in [5, 5.41) is 11.3. The second-order valence-electron chi connectivity index (χ2n) is 4.02. The lowest BCUT2D eigenvalue weighted by atomic mass is 10.2. The van der Waals surface area contributed by atoms with Gasteiger partial charge in [0, 0.05) is 6.54 Å². The molecule has 0 spiro atoms. The van der Waals surface area contributed by atoms with Crippen LogP contribution in [0.15, 0.2) is 28.6 Å². The highest BCUT2D eigenvalue weighted by molar-refractivity contribution is 8.02. The summed E-state index contributed by atoms with van der Waals surface area (Å²) < 4.78 is 13.4. The van der Waals surface area contributed by atoms with Gasteiger partial charge in [0.1, 0.15) is 5.82 Å². The van der Waals surface area contributed by atoms with E-state index in [1.165, 1.54) is 35.2 Å². The average Bonchev–Trinajstić information content (AvgIpc) is 2.85. The van der Waals surface area contributed by atoms with Crippen LogP contribution in [0.4, 0.5) is 9.52 Å². The molecule has 1 unspecified atom stereocenters. The summed E-state index contributed by atoms with van der Waals surface area (Å²) in [6.07, 6.45) is 0. The number of benzene rings is 1. The third-order valence-corrected chi connectivity index (χ3v) is 4.53. The number of amides is 1. The highest BCUT2D eigenvalue weighted by atomic mass is 32.2. The Balaban J connectivity index is 1.89. The molecular weight excluding hydrogens is 299 g/mol. The number of hydrogen-bond acceptors (Lipinski definition) is 6. The molecule has 0 fully saturated rings. The average molecular weight is 312 g/mol. The third kappa shape index (κ3) is 4.17. The maximum absolute atomic E-state index is 12.8. The summed E-state index contributed by atoms with van der Waals surface area (Å²) in [4.78, 5) is 11.0. The summed E-state index contributed by atoms with van der Waals surface area (Å²) in [5.74, 6) is -0.644. The molecule has 8 heteroatoms. The largest absolute Gasteiger partial charge is 0.369 e. The molecule has 1 aromatic heterocycles. The van der Waals surface area contributed by atoms with E-state index < -0.39 is 0 Å². The SMILES string of the molecule is CC(Sc1nnc(NCc2ccc(F)cc2)s1)C(N)=O. The zero-order valence-corrected chi connectivity index (χ0v) is 12.3. The quantitative estimate of drug-likeness (QED) is 0.800. The van der Waals surface area contributed by atoms with E-state index in [0.717, 1.165) is 5.56 Å². The minimum atomic E-state index is -0.383. The summed E-state index contributed by atoms with van der Waals surface area (Å²) in [6, 6.07) is 6.22. The first-order chi connectivity index (χ1) is 9.54. The van der Waals surface area contributed by atoms with Crippen molar-refractivity contribution < 1.29 is 9.18 Å². The fraction of sp³-hybridized carbons (Fsp3) is 0.250. The Kier molecular flexibility index (Phi) is 4.91. The van der Waals surface area contributed by atoms with E-state index >= 15 is 0 Å². The van der Waals surface area contributed by atoms with Gasteiger partial charge < -0.3 is 11.1 Å². The molecule has 1 aromatic carbocycles. The number of nitrogens with one attached hydrogen (secondary N) is 1. The van der Waals surface area contributed by atoms with Crippen LogP contribution < -0.4 is 11.1 Å². The molecule has 0 aliphatic heterocycles. The molecule has 0 radical (unpaired) electrons. The number of carbonyl (C=O) groups is 1. The second-order valence-corrected chi connectivity index (χ2v) is 6.58. The van der Waals surface area contributed by atoms with Gasteiger partial charge in [-0.3, -0.25) is 4.79 Å². The van der Waals surface area contributed by atoms with Crippen LogP contribution in [-0.4, -0.2) is 21.4 Å². The number of nitrogens with zero attached hydrogens (tertiary/aromatic N) is 2. The Hall–Kier alpha value is -1.67. The highest BCUT2D eigenvalue weighted by Crippen LogP contribution is 2.28. The predicted molar refractivity (Wildman–Crippen MR) is 78.1 cm³/mol. The van der Waals surface area contributed by atoms with Crippen LogP contribution in [0.5, 0.6) is 0 Å². The Morgan fingerprint density at radius 1 is 1.45 bits per heavy atom. The zero-order chi connectivity index (χ0) is 14.5. The Morgan fingerprint density at radius 3 is 2.80 bits per heavy atom. The maximum Gasteiger partial charge on any atom is 0.230 e. The number of rotatable bonds is 6. The number of carbonyl (C=O) groups excluding carboxylic acids is 1. The van der Waals surface area contributed by atoms with Gasteiger partial charge in [0.15, 0.2) is 4.34 Å². The minimum Gasteiger partial charge on any atom is -0.369 e. The topological polar surface area (TPSA) is 80.9 Å². The Labute approximate surface area is 123 Å². The van der Waals surface area contributed by atoms with Crippen LogP contribution >= 0.6 is 23.1 Å². The standard InChI is InChI=1S/C12H13FN4OS2/c1-7(10(14)18)19-12-17-16-11(20-12)15-6-8-2-4-9(13)5-3-8/h2-5,7H,6H2,1H3,(H2,14,18)(H,15,16). The smallest absolute Gasteiger partial charge is 0.230 e. The molecule has 0 aliphatic carbocycles. The van der Waals surface area contributed by atoms with Gasteiger partial charge in [0.2, 0.25) is 11.0 Å². The molecule has 1 amide bonds. The minimum absolute atomic E-state index is 0.260. The van der Waals surface area contributed by atoms with E-state index in [-0.39, 0.29) is 17.0 Å². The molecule has 106 valence electrons. The molecule has 0 saturated carbocycles. The van der Waals surface area contributed by atoms with E-state index in [1.54, 1.807) is 19.1 Å². The first-order valence-electron chi connectivity index (χ1n) is 5.82. The van der Waals surface area contributed by atoms with Gasteiger partial charge >= 0.3 is 0 Å². The van der Waals surface area contributed by atoms with Gasteiger partial charge in [-0.25, -0.2) is 4.39 Å². The number of aromatic nitrogens is 2. The van der Waals surface area contributed by atoms with Gasteiger partial charge in [-0.1, -0.05) is 35.2 Å². The first-order valence-corrected chi connectivity index (χ1v) is 7.52. The molecule has 1 heterocycles. The van der Waals surface area contributed by atoms with Crippen molar-refractivity contribution in [3.8, 4) is 0 Å². The number of halogens is 1.